The molecular formula is C13H15FN4O3S. The fourth-order valence-electron chi connectivity index (χ4n) is 1.76. The zero-order valence-electron chi connectivity index (χ0n) is 11.7. The summed E-state index contributed by atoms with van der Waals surface area (Å²) in [7, 11) is 1.34. The van der Waals surface area contributed by atoms with Gasteiger partial charge in [-0.15, -0.1) is 11.8 Å². The summed E-state index contributed by atoms with van der Waals surface area (Å²) >= 11 is 1.23. The van der Waals surface area contributed by atoms with E-state index in [1.54, 1.807) is 12.1 Å². The molecule has 0 aliphatic carbocycles. The molecule has 0 fully saturated rings. The number of amides is 2. The van der Waals surface area contributed by atoms with E-state index in [1.807, 2.05) is 5.43 Å². The summed E-state index contributed by atoms with van der Waals surface area (Å²) in [5, 5.41) is 0.784. The van der Waals surface area contributed by atoms with Crippen LogP contribution in [-0.4, -0.2) is 13.1 Å². The molecule has 0 spiro atoms. The van der Waals surface area contributed by atoms with Crippen molar-refractivity contribution in [3.63, 3.8) is 0 Å². The number of benzene rings is 1. The van der Waals surface area contributed by atoms with Gasteiger partial charge < -0.3 is 9.15 Å². The van der Waals surface area contributed by atoms with Gasteiger partial charge >= 0.3 is 6.03 Å². The molecule has 0 bridgehead atoms. The summed E-state index contributed by atoms with van der Waals surface area (Å²) < 4.78 is 24.2. The summed E-state index contributed by atoms with van der Waals surface area (Å²) in [6.45, 7) is 0. The van der Waals surface area contributed by atoms with Crippen molar-refractivity contribution < 1.29 is 18.3 Å². The van der Waals surface area contributed by atoms with E-state index in [0.717, 1.165) is 11.1 Å². The Morgan fingerprint density at radius 3 is 2.86 bits per heavy atom. The summed E-state index contributed by atoms with van der Waals surface area (Å²) in [5.74, 6) is 11.3. The van der Waals surface area contributed by atoms with Crippen LogP contribution in [-0.2, 0) is 5.75 Å². The number of anilines is 1. The zero-order valence-corrected chi connectivity index (χ0v) is 12.5. The number of rotatable bonds is 5. The highest BCUT2D eigenvalue weighted by Gasteiger charge is 2.21. The Kier molecular flexibility index (Phi) is 5.26. The average Bonchev–Trinajstić information content (AvgIpc) is 3.04. The Morgan fingerprint density at radius 2 is 2.27 bits per heavy atom. The number of hydrogen-bond acceptors (Lipinski definition) is 6. The van der Waals surface area contributed by atoms with Crippen molar-refractivity contribution in [2.75, 3.05) is 12.1 Å². The molecule has 1 aromatic carbocycles. The lowest BCUT2D eigenvalue weighted by Crippen LogP contribution is -2.47. The van der Waals surface area contributed by atoms with Gasteiger partial charge in [-0.2, -0.15) is 0 Å². The third-order valence-corrected chi connectivity index (χ3v) is 3.90. The van der Waals surface area contributed by atoms with E-state index < -0.39 is 11.8 Å². The molecule has 5 N–H and O–H groups in total. The third kappa shape index (κ3) is 3.32. The van der Waals surface area contributed by atoms with Gasteiger partial charge in [-0.25, -0.2) is 25.9 Å². The van der Waals surface area contributed by atoms with E-state index in [0.29, 0.717) is 16.4 Å². The van der Waals surface area contributed by atoms with Crippen LogP contribution >= 0.6 is 11.8 Å². The third-order valence-electron chi connectivity index (χ3n) is 2.79. The van der Waals surface area contributed by atoms with E-state index in [-0.39, 0.29) is 11.4 Å². The predicted molar refractivity (Wildman–Crippen MR) is 80.6 cm³/mol. The molecule has 0 aliphatic heterocycles. The minimum atomic E-state index is -0.742. The second-order valence-corrected chi connectivity index (χ2v) is 5.10. The molecule has 0 aliphatic rings. The Morgan fingerprint density at radius 1 is 1.50 bits per heavy atom. The lowest BCUT2D eigenvalue weighted by molar-refractivity contribution is 0.246. The summed E-state index contributed by atoms with van der Waals surface area (Å²) in [6.07, 6.45) is 1.54. The summed E-state index contributed by atoms with van der Waals surface area (Å²) in [6, 6.07) is 5.32. The molecule has 22 heavy (non-hydrogen) atoms. The largest absolute Gasteiger partial charge is 0.492 e. The minimum absolute atomic E-state index is 0.00525. The molecule has 0 radical (unpaired) electrons. The van der Waals surface area contributed by atoms with Crippen LogP contribution < -0.4 is 26.9 Å². The highest BCUT2D eigenvalue weighted by molar-refractivity contribution is 7.98. The number of furan rings is 1. The number of halogens is 1. The van der Waals surface area contributed by atoms with Gasteiger partial charge in [0.1, 0.15) is 5.76 Å². The maximum absolute atomic E-state index is 13.9. The van der Waals surface area contributed by atoms with Crippen LogP contribution in [0.3, 0.4) is 0 Å². The number of carbonyl (C=O) groups excluding carboxylic acids is 1. The second kappa shape index (κ2) is 7.16. The van der Waals surface area contributed by atoms with Crippen LogP contribution in [0.2, 0.25) is 0 Å². The van der Waals surface area contributed by atoms with Crippen LogP contribution in [0.4, 0.5) is 14.9 Å². The van der Waals surface area contributed by atoms with Crippen LogP contribution in [0.15, 0.2) is 39.8 Å². The maximum atomic E-state index is 13.9. The van der Waals surface area contributed by atoms with E-state index in [4.69, 9.17) is 20.8 Å². The average molecular weight is 326 g/mol. The Hall–Kier alpha value is -2.23. The minimum Gasteiger partial charge on any atom is -0.492 e. The first-order valence-electron chi connectivity index (χ1n) is 6.15. The van der Waals surface area contributed by atoms with E-state index in [1.165, 1.54) is 31.2 Å². The molecule has 2 aromatic rings. The highest BCUT2D eigenvalue weighted by Crippen LogP contribution is 2.40. The number of nitrogens with zero attached hydrogens (tertiary/aromatic N) is 1. The number of nitrogens with one attached hydrogen (secondary N) is 1. The van der Waals surface area contributed by atoms with Gasteiger partial charge in [0.25, 0.3) is 0 Å². The van der Waals surface area contributed by atoms with Gasteiger partial charge in [0, 0.05) is 0 Å². The number of carbonyl (C=O) groups is 1. The first-order valence-corrected chi connectivity index (χ1v) is 7.14. The van der Waals surface area contributed by atoms with Crippen LogP contribution in [0.25, 0.3) is 0 Å². The normalized spacial score (nSPS) is 10.4. The predicted octanol–water partition coefficient (Wildman–Crippen LogP) is 1.98. The van der Waals surface area contributed by atoms with Crippen molar-refractivity contribution in [2.45, 2.75) is 10.6 Å². The van der Waals surface area contributed by atoms with Crippen LogP contribution in [0.5, 0.6) is 5.75 Å². The Labute approximate surface area is 130 Å². The molecule has 2 rings (SSSR count). The first kappa shape index (κ1) is 16.1. The number of ether oxygens (including phenoxy) is 1. The zero-order chi connectivity index (χ0) is 16.1. The van der Waals surface area contributed by atoms with Gasteiger partial charge in [0.05, 0.1) is 29.7 Å². The van der Waals surface area contributed by atoms with Crippen LogP contribution in [0.1, 0.15) is 5.76 Å². The standard InChI is InChI=1S/C13H15FN4O3S/c1-20-11-9(14)4-5-10(18(16)13(19)17-15)12(11)22-7-8-3-2-6-21-8/h2-6H,7,15-16H2,1H3,(H,17,19). The Bertz CT molecular complexity index is 651. The Balaban J connectivity index is 2.37. The molecule has 0 saturated carbocycles. The van der Waals surface area contributed by atoms with E-state index in [9.17, 15) is 9.18 Å². The SMILES string of the molecule is COc1c(F)ccc(N(N)C(=O)NN)c1SCc1ccco1. The van der Waals surface area contributed by atoms with Crippen molar-refractivity contribution in [1.29, 1.82) is 0 Å². The number of hydrazine groups is 2. The highest BCUT2D eigenvalue weighted by atomic mass is 32.2. The van der Waals surface area contributed by atoms with E-state index >= 15 is 0 Å². The molecule has 118 valence electrons. The number of nitrogens with two attached hydrogens (primary N) is 2. The topological polar surface area (TPSA) is 107 Å². The monoisotopic (exact) mass is 326 g/mol. The molecule has 7 nitrogen and oxygen atoms in total. The van der Waals surface area contributed by atoms with Crippen molar-refractivity contribution in [1.82, 2.24) is 5.43 Å². The van der Waals surface area contributed by atoms with Gasteiger partial charge in [0.2, 0.25) is 0 Å². The van der Waals surface area contributed by atoms with Gasteiger partial charge in [-0.3, -0.25) is 5.43 Å². The maximum Gasteiger partial charge on any atom is 0.350 e. The number of methoxy groups -OCH3 is 1. The van der Waals surface area contributed by atoms with Crippen molar-refractivity contribution in [2.24, 2.45) is 11.7 Å². The molecule has 1 aromatic heterocycles. The van der Waals surface area contributed by atoms with Gasteiger partial charge in [-0.05, 0) is 24.3 Å². The number of urea groups is 1. The van der Waals surface area contributed by atoms with Crippen molar-refractivity contribution in [3.05, 3.63) is 42.1 Å². The lowest BCUT2D eigenvalue weighted by Gasteiger charge is -2.21. The molecule has 0 saturated heterocycles. The van der Waals surface area contributed by atoms with Crippen LogP contribution in [0, 0.1) is 5.82 Å². The molecule has 0 atom stereocenters. The summed E-state index contributed by atoms with van der Waals surface area (Å²) in [5.41, 5.74) is 2.17. The quantitative estimate of drug-likeness (QED) is 0.336. The first-order chi connectivity index (χ1) is 10.6. The number of hydrogen-bond donors (Lipinski definition) is 3. The second-order valence-electron chi connectivity index (χ2n) is 4.12. The molecule has 2 amide bonds. The van der Waals surface area contributed by atoms with Gasteiger partial charge in [0.15, 0.2) is 11.6 Å². The molecule has 0 unspecified atom stereocenters. The molecule has 1 heterocycles. The fraction of sp³-hybridized carbons (Fsp3) is 0.154. The van der Waals surface area contributed by atoms with Gasteiger partial charge in [-0.1, -0.05) is 0 Å². The van der Waals surface area contributed by atoms with Crippen molar-refractivity contribution >= 4 is 23.5 Å². The fourth-order valence-corrected chi connectivity index (χ4v) is 2.84. The smallest absolute Gasteiger partial charge is 0.350 e. The molecular weight excluding hydrogens is 311 g/mol. The van der Waals surface area contributed by atoms with E-state index in [2.05, 4.69) is 0 Å². The summed E-state index contributed by atoms with van der Waals surface area (Å²) in [4.78, 5) is 12.0. The number of thioether (sulfide) groups is 1. The van der Waals surface area contributed by atoms with Crippen molar-refractivity contribution in [3.8, 4) is 5.75 Å². The molecule has 9 heteroatoms. The lowest BCUT2D eigenvalue weighted by atomic mass is 10.2.